The number of nitrogens with zero attached hydrogens (tertiary/aromatic N) is 1. The van der Waals surface area contributed by atoms with Crippen molar-refractivity contribution in [3.63, 3.8) is 0 Å². The lowest BCUT2D eigenvalue weighted by atomic mass is 10.0. The maximum absolute atomic E-state index is 13.5. The van der Waals surface area contributed by atoms with Crippen molar-refractivity contribution in [3.05, 3.63) is 36.0 Å². The Hall–Kier alpha value is -4.21. The zero-order valence-corrected chi connectivity index (χ0v) is 25.2. The third kappa shape index (κ3) is 12.2. The number of unbranched alkanes of at least 4 members (excludes halogenated alkanes) is 2. The van der Waals surface area contributed by atoms with Gasteiger partial charge in [-0.15, -0.1) is 0 Å². The zero-order valence-electron chi connectivity index (χ0n) is 25.2. The van der Waals surface area contributed by atoms with E-state index in [-0.39, 0.29) is 31.8 Å². The van der Waals surface area contributed by atoms with Crippen LogP contribution in [0.3, 0.4) is 0 Å². The fourth-order valence-electron chi connectivity index (χ4n) is 4.77. The second kappa shape index (κ2) is 19.1. The molecule has 15 nitrogen and oxygen atoms in total. The van der Waals surface area contributed by atoms with Crippen LogP contribution in [-0.2, 0) is 25.6 Å². The number of aromatic amines is 1. The van der Waals surface area contributed by atoms with Crippen molar-refractivity contribution in [3.8, 4) is 0 Å². The van der Waals surface area contributed by atoms with Crippen LogP contribution in [0.15, 0.2) is 35.5 Å². The minimum absolute atomic E-state index is 0.0839. The summed E-state index contributed by atoms with van der Waals surface area (Å²) in [5.74, 6) is -2.44. The van der Waals surface area contributed by atoms with Crippen molar-refractivity contribution < 1.29 is 19.2 Å². The van der Waals surface area contributed by atoms with Crippen LogP contribution in [0.2, 0.25) is 0 Å². The van der Waals surface area contributed by atoms with Crippen molar-refractivity contribution in [2.75, 3.05) is 19.6 Å². The van der Waals surface area contributed by atoms with E-state index in [0.29, 0.717) is 51.6 Å². The molecule has 0 aliphatic carbocycles. The topological polar surface area (TPSA) is 289 Å². The molecule has 16 N–H and O–H groups in total. The van der Waals surface area contributed by atoms with Crippen LogP contribution in [0.1, 0.15) is 56.9 Å². The number of nitrogens with one attached hydrogen (secondary N) is 4. The fourth-order valence-corrected chi connectivity index (χ4v) is 4.77. The Morgan fingerprint density at radius 1 is 0.750 bits per heavy atom. The molecular weight excluding hydrogens is 566 g/mol. The number of H-pyrrole nitrogens is 1. The second-order valence-electron chi connectivity index (χ2n) is 10.8. The quantitative estimate of drug-likeness (QED) is 0.0434. The predicted molar refractivity (Wildman–Crippen MR) is 171 cm³/mol. The first-order valence-corrected chi connectivity index (χ1v) is 15.0. The lowest BCUT2D eigenvalue weighted by molar-refractivity contribution is -0.133. The van der Waals surface area contributed by atoms with Gasteiger partial charge in [-0.1, -0.05) is 18.2 Å². The number of aliphatic imine (C=N–C) groups is 1. The van der Waals surface area contributed by atoms with E-state index in [1.165, 1.54) is 0 Å². The van der Waals surface area contributed by atoms with Gasteiger partial charge in [-0.2, -0.15) is 0 Å². The lowest BCUT2D eigenvalue weighted by Crippen LogP contribution is -2.57. The molecule has 0 saturated carbocycles. The third-order valence-corrected chi connectivity index (χ3v) is 7.22. The van der Waals surface area contributed by atoms with E-state index in [2.05, 4.69) is 25.9 Å². The summed E-state index contributed by atoms with van der Waals surface area (Å²) in [6.45, 7) is 1.08. The molecule has 0 unspecified atom stereocenters. The number of primary amides is 1. The average molecular weight is 616 g/mol. The van der Waals surface area contributed by atoms with E-state index in [4.69, 9.17) is 34.4 Å². The molecule has 2 aromatic rings. The van der Waals surface area contributed by atoms with Crippen LogP contribution in [0.5, 0.6) is 0 Å². The van der Waals surface area contributed by atoms with Gasteiger partial charge in [0.05, 0.1) is 6.04 Å². The summed E-state index contributed by atoms with van der Waals surface area (Å²) in [7, 11) is 0. The second-order valence-corrected chi connectivity index (χ2v) is 10.8. The van der Waals surface area contributed by atoms with Gasteiger partial charge >= 0.3 is 0 Å². The highest BCUT2D eigenvalue weighted by molar-refractivity contribution is 5.94. The summed E-state index contributed by atoms with van der Waals surface area (Å²) >= 11 is 0. The van der Waals surface area contributed by atoms with Gasteiger partial charge in [0.2, 0.25) is 23.6 Å². The van der Waals surface area contributed by atoms with Crippen molar-refractivity contribution in [2.24, 2.45) is 39.4 Å². The normalized spacial score (nSPS) is 13.8. The largest absolute Gasteiger partial charge is 0.370 e. The summed E-state index contributed by atoms with van der Waals surface area (Å²) in [6.07, 6.45) is 5.59. The Morgan fingerprint density at radius 2 is 1.30 bits per heavy atom. The Labute approximate surface area is 257 Å². The molecule has 0 fully saturated rings. The number of amides is 4. The molecule has 44 heavy (non-hydrogen) atoms. The van der Waals surface area contributed by atoms with Crippen LogP contribution in [0, 0.1) is 0 Å². The van der Waals surface area contributed by atoms with Crippen LogP contribution >= 0.6 is 0 Å². The number of guanidine groups is 1. The minimum Gasteiger partial charge on any atom is -0.370 e. The molecule has 244 valence electrons. The standard InChI is InChI=1S/C29H49N11O4/c30-13-5-3-10-23(39-26(42)20(32)16-18-17-37-21-9-2-1-8-19(18)21)28(44)40-24(11-4-6-14-31)27(43)38-22(25(33)41)12-7-15-36-29(34)35/h1-2,8-9,17,20,22-24,37H,3-7,10-16,30-32H2,(H2,33,41)(H,38,43)(H,39,42)(H,40,44)(H4,34,35,36)/t20-,22-,23-,24-/m0/s1. The highest BCUT2D eigenvalue weighted by Crippen LogP contribution is 2.19. The number of carbonyl (C=O) groups is 4. The first-order valence-electron chi connectivity index (χ1n) is 15.0. The number of nitrogens with two attached hydrogens (primary N) is 6. The molecule has 0 spiro atoms. The molecular formula is C29H49N11O4. The maximum Gasteiger partial charge on any atom is 0.243 e. The van der Waals surface area contributed by atoms with E-state index in [1.54, 1.807) is 0 Å². The Kier molecular flexibility index (Phi) is 15.7. The van der Waals surface area contributed by atoms with Crippen molar-refractivity contribution >= 4 is 40.5 Å². The first kappa shape index (κ1) is 36.0. The van der Waals surface area contributed by atoms with E-state index in [0.717, 1.165) is 16.5 Å². The number of carbonyl (C=O) groups excluding carboxylic acids is 4. The molecule has 4 amide bonds. The number of rotatable bonds is 21. The average Bonchev–Trinajstić information content (AvgIpc) is 3.39. The number of fused-ring (bicyclic) bond motifs is 1. The zero-order chi connectivity index (χ0) is 32.5. The van der Waals surface area contributed by atoms with Gasteiger partial charge in [-0.05, 0) is 82.5 Å². The number of benzene rings is 1. The number of hydrogen-bond donors (Lipinski definition) is 10. The van der Waals surface area contributed by atoms with Crippen molar-refractivity contribution in [2.45, 2.75) is 82.0 Å². The highest BCUT2D eigenvalue weighted by atomic mass is 16.2. The first-order chi connectivity index (χ1) is 21.1. The van der Waals surface area contributed by atoms with Gasteiger partial charge in [-0.25, -0.2) is 0 Å². The smallest absolute Gasteiger partial charge is 0.243 e. The Morgan fingerprint density at radius 3 is 1.86 bits per heavy atom. The summed E-state index contributed by atoms with van der Waals surface area (Å²) in [6, 6.07) is 3.82. The van der Waals surface area contributed by atoms with Crippen LogP contribution in [0.4, 0.5) is 0 Å². The SMILES string of the molecule is NCCCC[C@H](NC(=O)[C@H](CCCCN)NC(=O)[C@@H](N)Cc1c[nH]c2ccccc12)C(=O)N[C@@H](CCCN=C(N)N)C(N)=O. The number of para-hydroxylation sites is 1. The van der Waals surface area contributed by atoms with E-state index in [1.807, 2.05) is 30.5 Å². The minimum atomic E-state index is -0.998. The van der Waals surface area contributed by atoms with Gasteiger partial charge in [0, 0.05) is 23.6 Å². The van der Waals surface area contributed by atoms with Gasteiger partial charge in [0.25, 0.3) is 0 Å². The van der Waals surface area contributed by atoms with Gasteiger partial charge in [0.15, 0.2) is 5.96 Å². The molecule has 0 bridgehead atoms. The van der Waals surface area contributed by atoms with E-state index < -0.39 is 47.8 Å². The predicted octanol–water partition coefficient (Wildman–Crippen LogP) is -1.71. The molecule has 2 rings (SSSR count). The van der Waals surface area contributed by atoms with E-state index in [9.17, 15) is 19.2 Å². The van der Waals surface area contributed by atoms with Crippen molar-refractivity contribution in [1.29, 1.82) is 0 Å². The summed E-state index contributed by atoms with van der Waals surface area (Å²) in [4.78, 5) is 59.0. The van der Waals surface area contributed by atoms with Crippen LogP contribution < -0.4 is 50.4 Å². The fraction of sp³-hybridized carbons (Fsp3) is 0.552. The van der Waals surface area contributed by atoms with E-state index >= 15 is 0 Å². The molecule has 4 atom stereocenters. The number of aromatic nitrogens is 1. The summed E-state index contributed by atoms with van der Waals surface area (Å²) in [5, 5.41) is 9.11. The van der Waals surface area contributed by atoms with Crippen LogP contribution in [-0.4, -0.2) is 78.4 Å². The Bertz CT molecular complexity index is 1240. The summed E-state index contributed by atoms with van der Waals surface area (Å²) in [5.41, 5.74) is 35.5. The summed E-state index contributed by atoms with van der Waals surface area (Å²) < 4.78 is 0. The molecule has 1 aromatic carbocycles. The number of hydrogen-bond acceptors (Lipinski definition) is 8. The molecule has 0 radical (unpaired) electrons. The third-order valence-electron chi connectivity index (χ3n) is 7.22. The van der Waals surface area contributed by atoms with Crippen molar-refractivity contribution in [1.82, 2.24) is 20.9 Å². The maximum atomic E-state index is 13.5. The highest BCUT2D eigenvalue weighted by Gasteiger charge is 2.29. The van der Waals surface area contributed by atoms with Gasteiger partial charge in [-0.3, -0.25) is 24.2 Å². The van der Waals surface area contributed by atoms with Gasteiger partial charge in [0.1, 0.15) is 18.1 Å². The molecule has 1 heterocycles. The molecule has 0 aliphatic rings. The molecule has 15 heteroatoms. The monoisotopic (exact) mass is 615 g/mol. The molecule has 1 aromatic heterocycles. The molecule has 0 saturated heterocycles. The molecule has 0 aliphatic heterocycles. The van der Waals surface area contributed by atoms with Gasteiger partial charge < -0.3 is 55.3 Å². The van der Waals surface area contributed by atoms with Crippen LogP contribution in [0.25, 0.3) is 10.9 Å². The lowest BCUT2D eigenvalue weighted by Gasteiger charge is -2.25. The Balaban J connectivity index is 2.12.